The fourth-order valence-electron chi connectivity index (χ4n) is 3.00. The third-order valence-electron chi connectivity index (χ3n) is 4.18. The van der Waals surface area contributed by atoms with Gasteiger partial charge in [-0.25, -0.2) is 0 Å². The summed E-state index contributed by atoms with van der Waals surface area (Å²) in [5, 5.41) is 15.8. The zero-order valence-electron chi connectivity index (χ0n) is 10.9. The van der Waals surface area contributed by atoms with Crippen LogP contribution in [-0.4, -0.2) is 36.8 Å². The van der Waals surface area contributed by atoms with Crippen molar-refractivity contribution in [3.05, 3.63) is 0 Å². The molecule has 2 fully saturated rings. The van der Waals surface area contributed by atoms with Gasteiger partial charge >= 0.3 is 0 Å². The van der Waals surface area contributed by atoms with Crippen LogP contribution in [-0.2, 0) is 4.79 Å². The Morgan fingerprint density at radius 1 is 1.17 bits per heavy atom. The summed E-state index contributed by atoms with van der Waals surface area (Å²) in [6, 6.07) is 0.205. The van der Waals surface area contributed by atoms with E-state index in [2.05, 4.69) is 10.6 Å². The molecule has 0 spiro atoms. The van der Waals surface area contributed by atoms with Gasteiger partial charge in [-0.3, -0.25) is 4.79 Å². The highest BCUT2D eigenvalue weighted by Crippen LogP contribution is 2.24. The Kier molecular flexibility index (Phi) is 6.97. The molecule has 3 N–H and O–H groups in total. The Morgan fingerprint density at radius 2 is 1.83 bits per heavy atom. The van der Waals surface area contributed by atoms with Crippen molar-refractivity contribution in [2.75, 3.05) is 19.7 Å². The van der Waals surface area contributed by atoms with Gasteiger partial charge in [0.15, 0.2) is 0 Å². The summed E-state index contributed by atoms with van der Waals surface area (Å²) < 4.78 is 0. The number of rotatable bonds is 3. The topological polar surface area (TPSA) is 61.4 Å². The molecule has 1 amide bonds. The van der Waals surface area contributed by atoms with Crippen molar-refractivity contribution in [1.82, 2.24) is 10.6 Å². The SMILES string of the molecule is Cl.O=C(NC1CCCCC1CO)C1CCNCC1. The molecule has 0 bridgehead atoms. The van der Waals surface area contributed by atoms with Gasteiger partial charge in [0.1, 0.15) is 0 Å². The molecule has 1 saturated heterocycles. The summed E-state index contributed by atoms with van der Waals surface area (Å²) in [7, 11) is 0. The Hall–Kier alpha value is -0.320. The van der Waals surface area contributed by atoms with E-state index in [9.17, 15) is 9.90 Å². The molecule has 18 heavy (non-hydrogen) atoms. The molecule has 1 saturated carbocycles. The summed E-state index contributed by atoms with van der Waals surface area (Å²) in [5.41, 5.74) is 0. The zero-order valence-corrected chi connectivity index (χ0v) is 11.7. The number of nitrogens with one attached hydrogen (secondary N) is 2. The molecule has 2 unspecified atom stereocenters. The summed E-state index contributed by atoms with van der Waals surface area (Å²) >= 11 is 0. The monoisotopic (exact) mass is 276 g/mol. The predicted molar refractivity (Wildman–Crippen MR) is 73.8 cm³/mol. The highest BCUT2D eigenvalue weighted by molar-refractivity contribution is 5.85. The lowest BCUT2D eigenvalue weighted by atomic mass is 9.84. The Bertz CT molecular complexity index is 257. The Labute approximate surface area is 115 Å². The molecule has 1 aliphatic heterocycles. The summed E-state index contributed by atoms with van der Waals surface area (Å²) in [6.45, 7) is 2.11. The number of halogens is 1. The van der Waals surface area contributed by atoms with Gasteiger partial charge in [0.05, 0.1) is 0 Å². The third kappa shape index (κ3) is 4.11. The largest absolute Gasteiger partial charge is 0.396 e. The average Bonchev–Trinajstić information content (AvgIpc) is 2.40. The first-order valence-corrected chi connectivity index (χ1v) is 6.93. The van der Waals surface area contributed by atoms with E-state index in [0.717, 1.165) is 38.8 Å². The lowest BCUT2D eigenvalue weighted by molar-refractivity contribution is -0.127. The van der Waals surface area contributed by atoms with Crippen LogP contribution in [0.25, 0.3) is 0 Å². The van der Waals surface area contributed by atoms with E-state index in [4.69, 9.17) is 0 Å². The molecule has 2 rings (SSSR count). The first-order chi connectivity index (χ1) is 8.31. The third-order valence-corrected chi connectivity index (χ3v) is 4.18. The number of carbonyl (C=O) groups excluding carboxylic acids is 1. The number of hydrogen-bond acceptors (Lipinski definition) is 3. The molecule has 4 nitrogen and oxygen atoms in total. The second-order valence-electron chi connectivity index (χ2n) is 5.37. The number of piperidine rings is 1. The van der Waals surface area contributed by atoms with Crippen molar-refractivity contribution in [1.29, 1.82) is 0 Å². The van der Waals surface area contributed by atoms with Crippen LogP contribution in [0.2, 0.25) is 0 Å². The number of aliphatic hydroxyl groups excluding tert-OH is 1. The molecule has 5 heteroatoms. The van der Waals surface area contributed by atoms with Gasteiger partial charge in [-0.05, 0) is 38.8 Å². The van der Waals surface area contributed by atoms with E-state index < -0.39 is 0 Å². The number of amides is 1. The maximum Gasteiger partial charge on any atom is 0.223 e. The zero-order chi connectivity index (χ0) is 12.1. The highest BCUT2D eigenvalue weighted by atomic mass is 35.5. The van der Waals surface area contributed by atoms with Crippen LogP contribution in [0.15, 0.2) is 0 Å². The van der Waals surface area contributed by atoms with Gasteiger partial charge in [-0.15, -0.1) is 12.4 Å². The Morgan fingerprint density at radius 3 is 2.50 bits per heavy atom. The van der Waals surface area contributed by atoms with Gasteiger partial charge in [-0.1, -0.05) is 12.8 Å². The molecule has 106 valence electrons. The predicted octanol–water partition coefficient (Wildman–Crippen LogP) is 1.08. The molecule has 0 aromatic rings. The van der Waals surface area contributed by atoms with Crippen LogP contribution < -0.4 is 10.6 Å². The van der Waals surface area contributed by atoms with E-state index in [1.54, 1.807) is 0 Å². The van der Waals surface area contributed by atoms with Crippen molar-refractivity contribution in [3.8, 4) is 0 Å². The van der Waals surface area contributed by atoms with Crippen LogP contribution in [0.3, 0.4) is 0 Å². The van der Waals surface area contributed by atoms with Crippen LogP contribution in [0, 0.1) is 11.8 Å². The van der Waals surface area contributed by atoms with E-state index in [-0.39, 0.29) is 42.8 Å². The fourth-order valence-corrected chi connectivity index (χ4v) is 3.00. The second-order valence-corrected chi connectivity index (χ2v) is 5.37. The summed E-state index contributed by atoms with van der Waals surface area (Å²) in [5.74, 6) is 0.656. The van der Waals surface area contributed by atoms with E-state index in [1.807, 2.05) is 0 Å². The maximum atomic E-state index is 12.1. The van der Waals surface area contributed by atoms with Gasteiger partial charge in [0.25, 0.3) is 0 Å². The second kappa shape index (κ2) is 7.97. The molecule has 2 atom stereocenters. The molecule has 2 aliphatic rings. The Balaban J connectivity index is 0.00000162. The van der Waals surface area contributed by atoms with Crippen molar-refractivity contribution in [3.63, 3.8) is 0 Å². The first-order valence-electron chi connectivity index (χ1n) is 6.93. The fraction of sp³-hybridized carbons (Fsp3) is 0.923. The molecule has 1 aliphatic carbocycles. The van der Waals surface area contributed by atoms with E-state index >= 15 is 0 Å². The molecule has 1 heterocycles. The van der Waals surface area contributed by atoms with Gasteiger partial charge < -0.3 is 15.7 Å². The summed E-state index contributed by atoms with van der Waals surface area (Å²) in [6.07, 6.45) is 6.33. The van der Waals surface area contributed by atoms with Crippen LogP contribution in [0.5, 0.6) is 0 Å². The molecular weight excluding hydrogens is 252 g/mol. The van der Waals surface area contributed by atoms with Gasteiger partial charge in [0, 0.05) is 24.5 Å². The summed E-state index contributed by atoms with van der Waals surface area (Å²) in [4.78, 5) is 12.1. The quantitative estimate of drug-likeness (QED) is 0.723. The minimum atomic E-state index is 0. The van der Waals surface area contributed by atoms with Gasteiger partial charge in [0.2, 0.25) is 5.91 Å². The molecule has 0 aromatic heterocycles. The molecule has 0 aromatic carbocycles. The van der Waals surface area contributed by atoms with Crippen LogP contribution in [0.4, 0.5) is 0 Å². The van der Waals surface area contributed by atoms with Crippen molar-refractivity contribution in [2.24, 2.45) is 11.8 Å². The first kappa shape index (κ1) is 15.7. The standard InChI is InChI=1S/C13H24N2O2.ClH/c16-9-11-3-1-2-4-12(11)15-13(17)10-5-7-14-8-6-10;/h10-12,14,16H,1-9H2,(H,15,17);1H. The maximum absolute atomic E-state index is 12.1. The number of hydrogen-bond donors (Lipinski definition) is 3. The highest BCUT2D eigenvalue weighted by Gasteiger charge is 2.28. The van der Waals surface area contributed by atoms with Crippen LogP contribution >= 0.6 is 12.4 Å². The average molecular weight is 277 g/mol. The lowest BCUT2D eigenvalue weighted by Crippen LogP contribution is -2.47. The van der Waals surface area contributed by atoms with Crippen molar-refractivity contribution < 1.29 is 9.90 Å². The van der Waals surface area contributed by atoms with E-state index in [1.165, 1.54) is 12.8 Å². The smallest absolute Gasteiger partial charge is 0.223 e. The van der Waals surface area contributed by atoms with E-state index in [0.29, 0.717) is 0 Å². The molecular formula is C13H25ClN2O2. The minimum absolute atomic E-state index is 0. The lowest BCUT2D eigenvalue weighted by Gasteiger charge is -2.32. The van der Waals surface area contributed by atoms with Crippen molar-refractivity contribution in [2.45, 2.75) is 44.6 Å². The molecule has 0 radical (unpaired) electrons. The normalized spacial score (nSPS) is 29.4. The minimum Gasteiger partial charge on any atom is -0.396 e. The van der Waals surface area contributed by atoms with Gasteiger partial charge in [-0.2, -0.15) is 0 Å². The number of aliphatic hydroxyl groups is 1. The van der Waals surface area contributed by atoms with Crippen LogP contribution in [0.1, 0.15) is 38.5 Å². The van der Waals surface area contributed by atoms with Crippen molar-refractivity contribution >= 4 is 18.3 Å². The number of carbonyl (C=O) groups is 1.